The Labute approximate surface area is 118 Å². The Kier molecular flexibility index (Phi) is 4.19. The Morgan fingerprint density at radius 3 is 2.79 bits per heavy atom. The van der Waals surface area contributed by atoms with Gasteiger partial charge in [-0.2, -0.15) is 0 Å². The molecule has 19 heavy (non-hydrogen) atoms. The summed E-state index contributed by atoms with van der Waals surface area (Å²) in [7, 11) is 0. The molecule has 0 aromatic heterocycles. The van der Waals surface area contributed by atoms with Crippen LogP contribution in [0.5, 0.6) is 0 Å². The monoisotopic (exact) mass is 329 g/mol. The number of amides is 1. The lowest BCUT2D eigenvalue weighted by Crippen LogP contribution is -2.42. The summed E-state index contributed by atoms with van der Waals surface area (Å²) in [5.41, 5.74) is 0.360. The second-order valence-corrected chi connectivity index (χ2v) is 5.41. The molecule has 0 unspecified atom stereocenters. The van der Waals surface area contributed by atoms with Crippen molar-refractivity contribution in [2.75, 3.05) is 13.1 Å². The van der Waals surface area contributed by atoms with Gasteiger partial charge < -0.3 is 10.0 Å². The van der Waals surface area contributed by atoms with Crippen LogP contribution in [0, 0.1) is 11.7 Å². The molecule has 1 saturated heterocycles. The normalized spacial score (nSPS) is 19.3. The summed E-state index contributed by atoms with van der Waals surface area (Å²) in [5, 5.41) is 8.99. The van der Waals surface area contributed by atoms with Crippen molar-refractivity contribution in [2.24, 2.45) is 5.92 Å². The van der Waals surface area contributed by atoms with E-state index in [1.807, 2.05) is 0 Å². The molecule has 4 nitrogen and oxygen atoms in total. The fourth-order valence-corrected chi connectivity index (χ4v) is 2.55. The highest BCUT2D eigenvalue weighted by molar-refractivity contribution is 9.10. The predicted octanol–water partition coefficient (Wildman–Crippen LogP) is 2.53. The lowest BCUT2D eigenvalue weighted by molar-refractivity contribution is -0.143. The number of halogens is 2. The number of likely N-dealkylation sites (tertiary alicyclic amines) is 1. The molecule has 1 amide bonds. The van der Waals surface area contributed by atoms with Crippen molar-refractivity contribution < 1.29 is 19.1 Å². The number of benzene rings is 1. The summed E-state index contributed by atoms with van der Waals surface area (Å²) in [4.78, 5) is 24.7. The Morgan fingerprint density at radius 2 is 2.16 bits per heavy atom. The summed E-state index contributed by atoms with van der Waals surface area (Å²) in [6.07, 6.45) is 1.26. The number of carboxylic acid groups (broad SMARTS) is 1. The number of hydrogen-bond acceptors (Lipinski definition) is 2. The summed E-state index contributed by atoms with van der Waals surface area (Å²) in [6, 6.07) is 4.05. The number of hydrogen-bond donors (Lipinski definition) is 1. The molecule has 1 fully saturated rings. The second kappa shape index (κ2) is 5.69. The zero-order valence-corrected chi connectivity index (χ0v) is 11.7. The maximum Gasteiger partial charge on any atom is 0.308 e. The molecule has 1 N–H and O–H groups in total. The number of piperidine rings is 1. The number of carbonyl (C=O) groups excluding carboxylic acids is 1. The van der Waals surface area contributed by atoms with Crippen LogP contribution in [0.4, 0.5) is 4.39 Å². The highest BCUT2D eigenvalue weighted by Gasteiger charge is 2.28. The van der Waals surface area contributed by atoms with Crippen molar-refractivity contribution in [3.8, 4) is 0 Å². The van der Waals surface area contributed by atoms with Crippen LogP contribution >= 0.6 is 15.9 Å². The molecule has 102 valence electrons. The SMILES string of the molecule is O=C(O)[C@H]1CCCN(C(=O)c2ccc(F)c(Br)c2)C1. The van der Waals surface area contributed by atoms with Gasteiger partial charge in [-0.05, 0) is 47.0 Å². The molecule has 1 atom stereocenters. The Hall–Kier alpha value is -1.43. The van der Waals surface area contributed by atoms with E-state index in [1.165, 1.54) is 23.1 Å². The van der Waals surface area contributed by atoms with Gasteiger partial charge in [0, 0.05) is 18.7 Å². The Morgan fingerprint density at radius 1 is 1.42 bits per heavy atom. The van der Waals surface area contributed by atoms with E-state index in [0.717, 1.165) is 0 Å². The van der Waals surface area contributed by atoms with E-state index in [9.17, 15) is 14.0 Å². The van der Waals surface area contributed by atoms with Gasteiger partial charge in [-0.25, -0.2) is 4.39 Å². The first-order chi connectivity index (χ1) is 8.99. The molecule has 2 rings (SSSR count). The maximum atomic E-state index is 13.1. The number of carboxylic acids is 1. The van der Waals surface area contributed by atoms with E-state index in [0.29, 0.717) is 24.9 Å². The van der Waals surface area contributed by atoms with Crippen LogP contribution in [0.3, 0.4) is 0 Å². The smallest absolute Gasteiger partial charge is 0.308 e. The van der Waals surface area contributed by atoms with Crippen molar-refractivity contribution in [2.45, 2.75) is 12.8 Å². The summed E-state index contributed by atoms with van der Waals surface area (Å²) >= 11 is 3.03. The van der Waals surface area contributed by atoms with Gasteiger partial charge in [0.05, 0.1) is 10.4 Å². The van der Waals surface area contributed by atoms with Crippen LogP contribution < -0.4 is 0 Å². The summed E-state index contributed by atoms with van der Waals surface area (Å²) in [6.45, 7) is 0.751. The standard InChI is InChI=1S/C13H13BrFNO3/c14-10-6-8(3-4-11(10)15)12(17)16-5-1-2-9(7-16)13(18)19/h3-4,6,9H,1-2,5,7H2,(H,18,19)/t9-/m0/s1. The van der Waals surface area contributed by atoms with Crippen LogP contribution in [0.1, 0.15) is 23.2 Å². The highest BCUT2D eigenvalue weighted by atomic mass is 79.9. The van der Waals surface area contributed by atoms with Crippen LogP contribution in [0.2, 0.25) is 0 Å². The minimum absolute atomic E-state index is 0.211. The number of aliphatic carboxylic acids is 1. The van der Waals surface area contributed by atoms with E-state index in [1.54, 1.807) is 0 Å². The third kappa shape index (κ3) is 3.12. The number of rotatable bonds is 2. The maximum absolute atomic E-state index is 13.1. The quantitative estimate of drug-likeness (QED) is 0.907. The lowest BCUT2D eigenvalue weighted by atomic mass is 9.97. The average molecular weight is 330 g/mol. The zero-order valence-electron chi connectivity index (χ0n) is 10.1. The number of nitrogens with zero attached hydrogens (tertiary/aromatic N) is 1. The van der Waals surface area contributed by atoms with Crippen molar-refractivity contribution in [3.05, 3.63) is 34.1 Å². The first-order valence-corrected chi connectivity index (χ1v) is 6.75. The molecule has 0 radical (unpaired) electrons. The lowest BCUT2D eigenvalue weighted by Gasteiger charge is -2.30. The van der Waals surface area contributed by atoms with Gasteiger partial charge in [0.2, 0.25) is 0 Å². The van der Waals surface area contributed by atoms with Crippen molar-refractivity contribution in [3.63, 3.8) is 0 Å². The molecular weight excluding hydrogens is 317 g/mol. The summed E-state index contributed by atoms with van der Waals surface area (Å²) in [5.74, 6) is -2.08. The Balaban J connectivity index is 2.14. The number of carbonyl (C=O) groups is 2. The Bertz CT molecular complexity index is 521. The van der Waals surface area contributed by atoms with E-state index in [-0.39, 0.29) is 16.9 Å². The van der Waals surface area contributed by atoms with Gasteiger partial charge >= 0.3 is 5.97 Å². The molecule has 1 aromatic rings. The predicted molar refractivity (Wildman–Crippen MR) is 70.4 cm³/mol. The van der Waals surface area contributed by atoms with Gasteiger partial charge in [0.25, 0.3) is 5.91 Å². The second-order valence-electron chi connectivity index (χ2n) is 4.56. The molecule has 1 aliphatic heterocycles. The molecule has 0 aliphatic carbocycles. The minimum atomic E-state index is -0.877. The first-order valence-electron chi connectivity index (χ1n) is 5.96. The van der Waals surface area contributed by atoms with Crippen LogP contribution in [0.15, 0.2) is 22.7 Å². The van der Waals surface area contributed by atoms with E-state index in [4.69, 9.17) is 5.11 Å². The van der Waals surface area contributed by atoms with Gasteiger partial charge in [0.15, 0.2) is 0 Å². The molecule has 1 aromatic carbocycles. The molecule has 0 spiro atoms. The third-order valence-electron chi connectivity index (χ3n) is 3.22. The fraction of sp³-hybridized carbons (Fsp3) is 0.385. The van der Waals surface area contributed by atoms with E-state index in [2.05, 4.69) is 15.9 Å². The molecular formula is C13H13BrFNO3. The highest BCUT2D eigenvalue weighted by Crippen LogP contribution is 2.21. The third-order valence-corrected chi connectivity index (χ3v) is 3.83. The van der Waals surface area contributed by atoms with Gasteiger partial charge in [-0.15, -0.1) is 0 Å². The molecule has 6 heteroatoms. The molecule has 0 saturated carbocycles. The van der Waals surface area contributed by atoms with Gasteiger partial charge in [-0.1, -0.05) is 0 Å². The zero-order chi connectivity index (χ0) is 14.0. The van der Waals surface area contributed by atoms with Crippen molar-refractivity contribution >= 4 is 27.8 Å². The minimum Gasteiger partial charge on any atom is -0.481 e. The van der Waals surface area contributed by atoms with Gasteiger partial charge in [-0.3, -0.25) is 9.59 Å². The fourth-order valence-electron chi connectivity index (χ4n) is 2.17. The first kappa shape index (κ1) is 14.0. The van der Waals surface area contributed by atoms with Crippen LogP contribution in [-0.2, 0) is 4.79 Å². The van der Waals surface area contributed by atoms with E-state index < -0.39 is 17.7 Å². The van der Waals surface area contributed by atoms with Crippen molar-refractivity contribution in [1.82, 2.24) is 4.90 Å². The topological polar surface area (TPSA) is 57.6 Å². The van der Waals surface area contributed by atoms with Crippen molar-refractivity contribution in [1.29, 1.82) is 0 Å². The summed E-state index contributed by atoms with van der Waals surface area (Å²) < 4.78 is 13.3. The molecule has 1 aliphatic rings. The van der Waals surface area contributed by atoms with Crippen LogP contribution in [-0.4, -0.2) is 35.0 Å². The largest absolute Gasteiger partial charge is 0.481 e. The van der Waals surface area contributed by atoms with Crippen LogP contribution in [0.25, 0.3) is 0 Å². The molecule has 1 heterocycles. The van der Waals surface area contributed by atoms with Gasteiger partial charge in [0.1, 0.15) is 5.82 Å². The average Bonchev–Trinajstić information content (AvgIpc) is 2.41. The van der Waals surface area contributed by atoms with E-state index >= 15 is 0 Å². The molecule has 0 bridgehead atoms.